The summed E-state index contributed by atoms with van der Waals surface area (Å²) in [5.74, 6) is -4.31. The van der Waals surface area contributed by atoms with Gasteiger partial charge in [0.25, 0.3) is 0 Å². The van der Waals surface area contributed by atoms with E-state index in [0.29, 0.717) is 29.7 Å². The van der Waals surface area contributed by atoms with Gasteiger partial charge in [-0.25, -0.2) is 13.2 Å². The summed E-state index contributed by atoms with van der Waals surface area (Å²) >= 11 is 0. The number of halogens is 4. The highest BCUT2D eigenvalue weighted by atomic mass is 19.2. The van der Waals surface area contributed by atoms with Gasteiger partial charge in [-0.2, -0.15) is 4.39 Å². The molecule has 0 radical (unpaired) electrons. The van der Waals surface area contributed by atoms with Gasteiger partial charge in [0.1, 0.15) is 0 Å². The minimum Gasteiger partial charge on any atom is -0.494 e. The molecular weight excluding hydrogens is 432 g/mol. The second-order valence-electron chi connectivity index (χ2n) is 8.02. The second-order valence-corrected chi connectivity index (χ2v) is 8.02. The van der Waals surface area contributed by atoms with Crippen molar-refractivity contribution in [2.45, 2.75) is 31.8 Å². The second kappa shape index (κ2) is 9.79. The van der Waals surface area contributed by atoms with Crippen LogP contribution in [0.25, 0.3) is 22.3 Å². The van der Waals surface area contributed by atoms with E-state index in [1.54, 1.807) is 36.4 Å². The van der Waals surface area contributed by atoms with Crippen molar-refractivity contribution < 1.29 is 27.0 Å². The number of ether oxygens (including phenoxy) is 2. The summed E-state index contributed by atoms with van der Waals surface area (Å²) in [4.78, 5) is 0. The van der Waals surface area contributed by atoms with E-state index < -0.39 is 23.3 Å². The number of benzene rings is 3. The van der Waals surface area contributed by atoms with Crippen molar-refractivity contribution in [1.82, 2.24) is 0 Å². The van der Waals surface area contributed by atoms with Gasteiger partial charge in [-0.1, -0.05) is 48.6 Å². The van der Waals surface area contributed by atoms with Crippen LogP contribution in [0.5, 0.6) is 5.75 Å². The van der Waals surface area contributed by atoms with Gasteiger partial charge < -0.3 is 9.47 Å². The summed E-state index contributed by atoms with van der Waals surface area (Å²) < 4.78 is 68.9. The van der Waals surface area contributed by atoms with Crippen molar-refractivity contribution in [2.75, 3.05) is 13.7 Å². The molecule has 2 atom stereocenters. The van der Waals surface area contributed by atoms with Gasteiger partial charge in [0.15, 0.2) is 23.2 Å². The lowest BCUT2D eigenvalue weighted by molar-refractivity contribution is 0.0317. The maximum absolute atomic E-state index is 15.0. The van der Waals surface area contributed by atoms with Gasteiger partial charge >= 0.3 is 0 Å². The molecule has 1 aliphatic rings. The zero-order valence-electron chi connectivity index (χ0n) is 18.4. The van der Waals surface area contributed by atoms with Gasteiger partial charge in [0.05, 0.1) is 19.8 Å². The molecule has 1 fully saturated rings. The highest BCUT2D eigenvalue weighted by Crippen LogP contribution is 2.36. The van der Waals surface area contributed by atoms with Gasteiger partial charge in [0.2, 0.25) is 5.82 Å². The summed E-state index contributed by atoms with van der Waals surface area (Å²) in [6.07, 6.45) is 5.36. The summed E-state index contributed by atoms with van der Waals surface area (Å²) in [7, 11) is 1.26. The lowest BCUT2D eigenvalue weighted by Crippen LogP contribution is -2.24. The average molecular weight is 456 g/mol. The molecule has 2 nitrogen and oxygen atoms in total. The molecular formula is C27H24F4O2. The molecule has 3 aromatic rings. The lowest BCUT2D eigenvalue weighted by Gasteiger charge is -2.28. The molecule has 3 aromatic carbocycles. The molecule has 4 rings (SSSR count). The van der Waals surface area contributed by atoms with Crippen LogP contribution in [0.1, 0.15) is 31.2 Å². The van der Waals surface area contributed by atoms with E-state index in [0.717, 1.165) is 6.42 Å². The predicted octanol–water partition coefficient (Wildman–Crippen LogP) is 7.42. The van der Waals surface area contributed by atoms with Crippen LogP contribution in [0.2, 0.25) is 0 Å². The Hall–Kier alpha value is -3.12. The first-order valence-corrected chi connectivity index (χ1v) is 10.8. The molecule has 0 amide bonds. The van der Waals surface area contributed by atoms with E-state index in [-0.39, 0.29) is 28.9 Å². The van der Waals surface area contributed by atoms with Crippen molar-refractivity contribution in [2.24, 2.45) is 0 Å². The fraction of sp³-hybridized carbons (Fsp3) is 0.259. The van der Waals surface area contributed by atoms with Crippen LogP contribution >= 0.6 is 0 Å². The van der Waals surface area contributed by atoms with Crippen molar-refractivity contribution >= 4 is 0 Å². The maximum Gasteiger partial charge on any atom is 0.201 e. The highest BCUT2D eigenvalue weighted by Gasteiger charge is 2.26. The number of rotatable bonds is 5. The Labute approximate surface area is 190 Å². The van der Waals surface area contributed by atoms with E-state index in [9.17, 15) is 17.6 Å². The molecule has 0 aromatic heterocycles. The smallest absolute Gasteiger partial charge is 0.201 e. The van der Waals surface area contributed by atoms with E-state index in [2.05, 4.69) is 0 Å². The van der Waals surface area contributed by atoms with Gasteiger partial charge in [0, 0.05) is 17.0 Å². The normalized spacial score (nSPS) is 18.6. The minimum absolute atomic E-state index is 0.0148. The molecule has 0 aliphatic carbocycles. The average Bonchev–Trinajstić information content (AvgIpc) is 2.84. The van der Waals surface area contributed by atoms with Crippen LogP contribution < -0.4 is 4.74 Å². The summed E-state index contributed by atoms with van der Waals surface area (Å²) in [6.45, 7) is 2.25. The monoisotopic (exact) mass is 456 g/mol. The highest BCUT2D eigenvalue weighted by molar-refractivity contribution is 5.71. The molecule has 2 unspecified atom stereocenters. The third-order valence-corrected chi connectivity index (χ3v) is 6.04. The third kappa shape index (κ3) is 4.53. The Morgan fingerprint density at radius 3 is 1.94 bits per heavy atom. The van der Waals surface area contributed by atoms with Gasteiger partial charge in [-0.05, 0) is 48.6 Å². The zero-order chi connectivity index (χ0) is 23.5. The number of hydrogen-bond donors (Lipinski definition) is 0. The van der Waals surface area contributed by atoms with Gasteiger partial charge in [-0.3, -0.25) is 0 Å². The third-order valence-electron chi connectivity index (χ3n) is 6.04. The Kier molecular flexibility index (Phi) is 6.84. The summed E-state index contributed by atoms with van der Waals surface area (Å²) in [5.41, 5.74) is 1.31. The number of allylic oxidation sites excluding steroid dienone is 1. The van der Waals surface area contributed by atoms with E-state index in [1.807, 2.05) is 19.1 Å². The SMILES string of the molecule is CC=CC1CCC(c2ccc(-c3ccc(-c4ccc(OC)c(F)c4F)cc3)c(F)c2F)CO1. The van der Waals surface area contributed by atoms with Crippen LogP contribution in [-0.2, 0) is 4.74 Å². The minimum atomic E-state index is -1.08. The Bertz CT molecular complexity index is 1160. The first-order valence-electron chi connectivity index (χ1n) is 10.8. The standard InChI is InChI=1S/C27H24F4O2/c1-3-4-19-10-9-18(15-33-19)22-12-11-20(24(28)25(22)29)16-5-7-17(8-6-16)21-13-14-23(32-2)27(31)26(21)30/h3-8,11-14,18-19H,9-10,15H2,1-2H3. The molecule has 1 heterocycles. The molecule has 1 saturated heterocycles. The number of hydrogen-bond acceptors (Lipinski definition) is 2. The molecule has 0 bridgehead atoms. The lowest BCUT2D eigenvalue weighted by atomic mass is 9.89. The molecule has 33 heavy (non-hydrogen) atoms. The quantitative estimate of drug-likeness (QED) is 0.294. The van der Waals surface area contributed by atoms with Gasteiger partial charge in [-0.15, -0.1) is 0 Å². The van der Waals surface area contributed by atoms with Crippen LogP contribution in [0.3, 0.4) is 0 Å². The van der Waals surface area contributed by atoms with Crippen LogP contribution in [0.4, 0.5) is 17.6 Å². The van der Waals surface area contributed by atoms with Crippen molar-refractivity contribution in [3.63, 3.8) is 0 Å². The molecule has 0 N–H and O–H groups in total. The predicted molar refractivity (Wildman–Crippen MR) is 120 cm³/mol. The van der Waals surface area contributed by atoms with Crippen molar-refractivity contribution in [3.8, 4) is 28.0 Å². The van der Waals surface area contributed by atoms with Crippen molar-refractivity contribution in [3.05, 3.63) is 89.5 Å². The summed E-state index contributed by atoms with van der Waals surface area (Å²) in [5, 5.41) is 0. The topological polar surface area (TPSA) is 18.5 Å². The maximum atomic E-state index is 15.0. The van der Waals surface area contributed by atoms with Crippen LogP contribution in [0.15, 0.2) is 60.7 Å². The Morgan fingerprint density at radius 1 is 0.788 bits per heavy atom. The largest absolute Gasteiger partial charge is 0.494 e. The van der Waals surface area contributed by atoms with E-state index in [1.165, 1.54) is 19.2 Å². The Balaban J connectivity index is 1.58. The first kappa shape index (κ1) is 23.1. The molecule has 172 valence electrons. The summed E-state index contributed by atoms with van der Waals surface area (Å²) in [6, 6.07) is 12.1. The molecule has 0 saturated carbocycles. The fourth-order valence-electron chi connectivity index (χ4n) is 4.23. The van der Waals surface area contributed by atoms with Crippen LogP contribution in [-0.4, -0.2) is 19.8 Å². The molecule has 6 heteroatoms. The van der Waals surface area contributed by atoms with E-state index >= 15 is 0 Å². The fourth-order valence-corrected chi connectivity index (χ4v) is 4.23. The molecule has 1 aliphatic heterocycles. The number of methoxy groups -OCH3 is 1. The van der Waals surface area contributed by atoms with Crippen molar-refractivity contribution in [1.29, 1.82) is 0 Å². The van der Waals surface area contributed by atoms with Crippen LogP contribution in [0, 0.1) is 23.3 Å². The molecule has 0 spiro atoms. The zero-order valence-corrected chi connectivity index (χ0v) is 18.4. The van der Waals surface area contributed by atoms with E-state index in [4.69, 9.17) is 9.47 Å². The first-order chi connectivity index (χ1) is 15.9. The Morgan fingerprint density at radius 2 is 1.39 bits per heavy atom.